The number of nitrogens with zero attached hydrogens (tertiary/aromatic N) is 6. The Bertz CT molecular complexity index is 1880. The molecule has 3 aromatic heterocycles. The Morgan fingerprint density at radius 3 is 2.50 bits per heavy atom. The third kappa shape index (κ3) is 5.19. The molecule has 11 heteroatoms. The van der Waals surface area contributed by atoms with Gasteiger partial charge in [0.25, 0.3) is 11.5 Å². The highest BCUT2D eigenvalue weighted by Crippen LogP contribution is 2.25. The second-order valence-electron chi connectivity index (χ2n) is 9.93. The molecule has 0 spiro atoms. The minimum absolute atomic E-state index is 0.0842. The number of nitrogens with one attached hydrogen (secondary N) is 2. The van der Waals surface area contributed by atoms with Gasteiger partial charge in [-0.05, 0) is 37.6 Å². The van der Waals surface area contributed by atoms with Gasteiger partial charge in [0.2, 0.25) is 0 Å². The molecule has 0 aliphatic carbocycles. The van der Waals surface area contributed by atoms with E-state index in [1.165, 1.54) is 4.68 Å². The van der Waals surface area contributed by atoms with Gasteiger partial charge in [0.05, 0.1) is 28.8 Å². The molecule has 42 heavy (non-hydrogen) atoms. The van der Waals surface area contributed by atoms with Crippen LogP contribution in [0.1, 0.15) is 46.0 Å². The fourth-order valence-electron chi connectivity index (χ4n) is 4.86. The number of nitrogens with two attached hydrogens (primary N) is 1. The zero-order valence-electron chi connectivity index (χ0n) is 24.0. The van der Waals surface area contributed by atoms with Crippen LogP contribution in [0, 0.1) is 6.92 Å². The molecule has 1 amide bonds. The van der Waals surface area contributed by atoms with Crippen LogP contribution >= 0.6 is 0 Å². The van der Waals surface area contributed by atoms with Crippen LogP contribution in [0.5, 0.6) is 0 Å². The van der Waals surface area contributed by atoms with Crippen molar-refractivity contribution in [2.75, 3.05) is 17.6 Å². The van der Waals surface area contributed by atoms with Crippen LogP contribution in [0.3, 0.4) is 0 Å². The van der Waals surface area contributed by atoms with Crippen molar-refractivity contribution in [2.24, 2.45) is 14.1 Å². The molecule has 3 heterocycles. The van der Waals surface area contributed by atoms with Crippen LogP contribution < -0.4 is 21.9 Å². The van der Waals surface area contributed by atoms with Gasteiger partial charge in [-0.3, -0.25) is 23.5 Å². The van der Waals surface area contributed by atoms with Crippen LogP contribution in [-0.4, -0.2) is 41.6 Å². The smallest absolute Gasteiger partial charge is 0.266 e. The first-order valence-electron chi connectivity index (χ1n) is 13.5. The lowest BCUT2D eigenvalue weighted by Gasteiger charge is -2.20. The SMILES string of the molecule is C=CCNc1c(C(=O)NC(C)c2nc3cccc(/C=C/c4cnn(C)c4C)c3c(=O)n2-c2ccccc2)c(N)nn1C. The summed E-state index contributed by atoms with van der Waals surface area (Å²) in [7, 11) is 3.58. The lowest BCUT2D eigenvalue weighted by Crippen LogP contribution is -2.34. The average Bonchev–Trinajstić information content (AvgIpc) is 3.45. The summed E-state index contributed by atoms with van der Waals surface area (Å²) in [5.41, 5.74) is 9.90. The minimum Gasteiger partial charge on any atom is -0.381 e. The molecule has 1 unspecified atom stereocenters. The van der Waals surface area contributed by atoms with E-state index < -0.39 is 11.9 Å². The summed E-state index contributed by atoms with van der Waals surface area (Å²) in [6.07, 6.45) is 7.30. The van der Waals surface area contributed by atoms with E-state index in [1.54, 1.807) is 41.6 Å². The summed E-state index contributed by atoms with van der Waals surface area (Å²) in [6, 6.07) is 14.1. The number of carbonyl (C=O) groups is 1. The summed E-state index contributed by atoms with van der Waals surface area (Å²) >= 11 is 0. The van der Waals surface area contributed by atoms with Gasteiger partial charge in [0.1, 0.15) is 17.2 Å². The van der Waals surface area contributed by atoms with E-state index >= 15 is 0 Å². The van der Waals surface area contributed by atoms with Gasteiger partial charge in [0.15, 0.2) is 5.82 Å². The third-order valence-electron chi connectivity index (χ3n) is 7.14. The summed E-state index contributed by atoms with van der Waals surface area (Å²) in [5, 5.41) is 15.0. The summed E-state index contributed by atoms with van der Waals surface area (Å²) in [6.45, 7) is 7.90. The number of amides is 1. The molecule has 0 bridgehead atoms. The molecule has 1 atom stereocenters. The van der Waals surface area contributed by atoms with E-state index in [-0.39, 0.29) is 16.9 Å². The lowest BCUT2D eigenvalue weighted by molar-refractivity contribution is 0.0939. The van der Waals surface area contributed by atoms with Crippen molar-refractivity contribution in [1.82, 2.24) is 34.4 Å². The van der Waals surface area contributed by atoms with E-state index in [9.17, 15) is 9.59 Å². The maximum Gasteiger partial charge on any atom is 0.266 e. The molecule has 11 nitrogen and oxygen atoms in total. The molecule has 0 aliphatic rings. The highest BCUT2D eigenvalue weighted by atomic mass is 16.2. The number of benzene rings is 2. The van der Waals surface area contributed by atoms with E-state index in [4.69, 9.17) is 10.7 Å². The fourth-order valence-corrected chi connectivity index (χ4v) is 4.86. The van der Waals surface area contributed by atoms with Crippen molar-refractivity contribution in [2.45, 2.75) is 19.9 Å². The standard InChI is InChI=1S/C31H33N9O2/c1-6-17-33-29-26(27(32)37-39(29)5)30(41)35-19(2)28-36-24-14-10-11-21(15-16-22-18-34-38(4)20(22)3)25(24)31(42)40(28)23-12-8-7-9-13-23/h6-16,18-19,33H,1,17H2,2-5H3,(H2,32,37)(H,35,41)/b16-15+. The van der Waals surface area contributed by atoms with Gasteiger partial charge < -0.3 is 16.4 Å². The van der Waals surface area contributed by atoms with E-state index in [0.717, 1.165) is 16.8 Å². The Morgan fingerprint density at radius 2 is 1.81 bits per heavy atom. The lowest BCUT2D eigenvalue weighted by atomic mass is 10.1. The van der Waals surface area contributed by atoms with E-state index in [1.807, 2.05) is 68.6 Å². The maximum atomic E-state index is 14.3. The minimum atomic E-state index is -0.668. The number of hydrogen-bond acceptors (Lipinski definition) is 7. The zero-order chi connectivity index (χ0) is 30.0. The number of fused-ring (bicyclic) bond motifs is 1. The summed E-state index contributed by atoms with van der Waals surface area (Å²) in [4.78, 5) is 32.7. The molecular weight excluding hydrogens is 530 g/mol. The predicted octanol–water partition coefficient (Wildman–Crippen LogP) is 4.00. The first-order chi connectivity index (χ1) is 20.2. The van der Waals surface area contributed by atoms with Crippen LogP contribution in [0.25, 0.3) is 28.7 Å². The van der Waals surface area contributed by atoms with E-state index in [0.29, 0.717) is 34.8 Å². The van der Waals surface area contributed by atoms with Crippen LogP contribution in [0.15, 0.2) is 72.2 Å². The molecule has 5 rings (SSSR count). The first kappa shape index (κ1) is 28.1. The van der Waals surface area contributed by atoms with Crippen molar-refractivity contribution in [3.63, 3.8) is 0 Å². The Hall–Kier alpha value is -5.45. The average molecular weight is 564 g/mol. The number of para-hydroxylation sites is 1. The van der Waals surface area contributed by atoms with Gasteiger partial charge in [-0.2, -0.15) is 10.2 Å². The third-order valence-corrected chi connectivity index (χ3v) is 7.14. The normalized spacial score (nSPS) is 12.1. The molecule has 2 aromatic carbocycles. The highest BCUT2D eigenvalue weighted by Gasteiger charge is 2.25. The quantitative estimate of drug-likeness (QED) is 0.231. The van der Waals surface area contributed by atoms with Crippen LogP contribution in [0.4, 0.5) is 11.6 Å². The molecule has 0 saturated heterocycles. The number of hydrogen-bond donors (Lipinski definition) is 3. The largest absolute Gasteiger partial charge is 0.381 e. The maximum absolute atomic E-state index is 14.3. The number of carbonyl (C=O) groups excluding carboxylic acids is 1. The Morgan fingerprint density at radius 1 is 1.07 bits per heavy atom. The molecule has 0 fully saturated rings. The Balaban J connectivity index is 1.61. The molecule has 4 N–H and O–H groups in total. The van der Waals surface area contributed by atoms with E-state index in [2.05, 4.69) is 27.4 Å². The van der Waals surface area contributed by atoms with Gasteiger partial charge in [-0.15, -0.1) is 6.58 Å². The van der Waals surface area contributed by atoms with Crippen LogP contribution in [0.2, 0.25) is 0 Å². The highest BCUT2D eigenvalue weighted by molar-refractivity contribution is 6.03. The van der Waals surface area contributed by atoms with Gasteiger partial charge in [-0.1, -0.05) is 48.6 Å². The number of rotatable bonds is 9. The molecule has 0 radical (unpaired) electrons. The van der Waals surface area contributed by atoms with Crippen molar-refractivity contribution >= 4 is 40.6 Å². The predicted molar refractivity (Wildman–Crippen MR) is 166 cm³/mol. The second kappa shape index (κ2) is 11.6. The van der Waals surface area contributed by atoms with Crippen LogP contribution in [-0.2, 0) is 14.1 Å². The van der Waals surface area contributed by atoms with Gasteiger partial charge >= 0.3 is 0 Å². The monoisotopic (exact) mass is 563 g/mol. The second-order valence-corrected chi connectivity index (χ2v) is 9.93. The molecule has 0 saturated carbocycles. The van der Waals surface area contributed by atoms with Crippen molar-refractivity contribution in [3.8, 4) is 5.69 Å². The molecule has 214 valence electrons. The molecular formula is C31H33N9O2. The van der Waals surface area contributed by atoms with Gasteiger partial charge in [0, 0.05) is 31.9 Å². The van der Waals surface area contributed by atoms with Crippen molar-refractivity contribution < 1.29 is 4.79 Å². The fraction of sp³-hybridized carbons (Fsp3) is 0.194. The summed E-state index contributed by atoms with van der Waals surface area (Å²) in [5.74, 6) is 0.474. The molecule has 0 aliphatic heterocycles. The Labute approximate surface area is 243 Å². The number of anilines is 2. The number of aromatic nitrogens is 6. The summed E-state index contributed by atoms with van der Waals surface area (Å²) < 4.78 is 4.85. The zero-order valence-corrected chi connectivity index (χ0v) is 24.0. The van der Waals surface area contributed by atoms with Crippen molar-refractivity contribution in [1.29, 1.82) is 0 Å². The van der Waals surface area contributed by atoms with Crippen molar-refractivity contribution in [3.05, 3.63) is 106 Å². The van der Waals surface area contributed by atoms with Gasteiger partial charge in [-0.25, -0.2) is 4.98 Å². The Kier molecular flexibility index (Phi) is 7.74. The topological polar surface area (TPSA) is 138 Å². The molecule has 5 aromatic rings. The number of nitrogen functional groups attached to an aromatic ring is 1. The number of aryl methyl sites for hydroxylation is 2. The first-order valence-corrected chi connectivity index (χ1v) is 13.5.